The molecule has 0 amide bonds. The first-order valence-corrected chi connectivity index (χ1v) is 13.1. The molecule has 4 aromatic rings. The number of imidazole rings is 1. The molecule has 3 heterocycles. The molecule has 5 nitrogen and oxygen atoms in total. The quantitative estimate of drug-likeness (QED) is 0.350. The van der Waals surface area contributed by atoms with Gasteiger partial charge in [-0.25, -0.2) is 9.97 Å². The van der Waals surface area contributed by atoms with Crippen LogP contribution in [0.25, 0.3) is 5.65 Å². The van der Waals surface area contributed by atoms with Crippen LogP contribution in [0.2, 0.25) is 10.0 Å². The highest BCUT2D eigenvalue weighted by Gasteiger charge is 2.47. The summed E-state index contributed by atoms with van der Waals surface area (Å²) in [5, 5.41) is 4.73. The predicted octanol–water partition coefficient (Wildman–Crippen LogP) is 6.29. The van der Waals surface area contributed by atoms with Crippen molar-refractivity contribution in [1.82, 2.24) is 19.7 Å². The number of fused-ring (bicyclic) bond motifs is 2. The number of nitrogens with one attached hydrogen (secondary N) is 1. The van der Waals surface area contributed by atoms with E-state index < -0.39 is 0 Å². The average Bonchev–Trinajstić information content (AvgIpc) is 3.46. The maximum absolute atomic E-state index is 6.42. The van der Waals surface area contributed by atoms with Crippen molar-refractivity contribution in [1.29, 1.82) is 0 Å². The van der Waals surface area contributed by atoms with Gasteiger partial charge in [-0.1, -0.05) is 65.3 Å². The fourth-order valence-electron chi connectivity index (χ4n) is 5.74. The zero-order chi connectivity index (χ0) is 23.3. The number of halogens is 2. The summed E-state index contributed by atoms with van der Waals surface area (Å²) in [7, 11) is 2.10. The van der Waals surface area contributed by atoms with E-state index >= 15 is 0 Å². The van der Waals surface area contributed by atoms with Gasteiger partial charge in [0.15, 0.2) is 5.65 Å². The van der Waals surface area contributed by atoms with E-state index in [9.17, 15) is 0 Å². The fourth-order valence-corrected chi connectivity index (χ4v) is 7.14. The molecule has 1 fully saturated rings. The summed E-state index contributed by atoms with van der Waals surface area (Å²) in [6.45, 7) is 1.94. The van der Waals surface area contributed by atoms with Gasteiger partial charge >= 0.3 is 0 Å². The zero-order valence-electron chi connectivity index (χ0n) is 18.8. The van der Waals surface area contributed by atoms with Crippen LogP contribution in [0.3, 0.4) is 0 Å². The molecule has 0 unspecified atom stereocenters. The van der Waals surface area contributed by atoms with Crippen molar-refractivity contribution in [3.05, 3.63) is 82.2 Å². The van der Waals surface area contributed by atoms with E-state index in [-0.39, 0.29) is 5.41 Å². The minimum atomic E-state index is 0.266. The Hall–Kier alpha value is -2.25. The Balaban J connectivity index is 1.26. The number of piperidine rings is 1. The Morgan fingerprint density at radius 1 is 1.03 bits per heavy atom. The van der Waals surface area contributed by atoms with Gasteiger partial charge in [-0.15, -0.1) is 0 Å². The van der Waals surface area contributed by atoms with E-state index in [1.54, 1.807) is 17.8 Å². The van der Waals surface area contributed by atoms with E-state index in [1.165, 1.54) is 11.1 Å². The molecule has 34 heavy (non-hydrogen) atoms. The highest BCUT2D eigenvalue weighted by Crippen LogP contribution is 2.52. The van der Waals surface area contributed by atoms with Crippen LogP contribution < -0.4 is 10.2 Å². The van der Waals surface area contributed by atoms with Crippen molar-refractivity contribution in [2.24, 2.45) is 5.41 Å². The van der Waals surface area contributed by atoms with Gasteiger partial charge < -0.3 is 10.2 Å². The van der Waals surface area contributed by atoms with Gasteiger partial charge in [-0.05, 0) is 55.0 Å². The van der Waals surface area contributed by atoms with Crippen LogP contribution in [-0.2, 0) is 6.42 Å². The lowest BCUT2D eigenvalue weighted by Gasteiger charge is -2.43. The Bertz CT molecular complexity index is 1360. The highest BCUT2D eigenvalue weighted by molar-refractivity contribution is 7.99. The summed E-state index contributed by atoms with van der Waals surface area (Å²) in [4.78, 5) is 13.8. The van der Waals surface area contributed by atoms with Crippen LogP contribution in [0.15, 0.2) is 70.8 Å². The molecule has 2 aliphatic rings. The second-order valence-electron chi connectivity index (χ2n) is 9.14. The first kappa shape index (κ1) is 22.2. The third kappa shape index (κ3) is 3.59. The molecule has 1 atom stereocenters. The summed E-state index contributed by atoms with van der Waals surface area (Å²) in [5.41, 5.74) is 4.11. The molecule has 6 rings (SSSR count). The molecule has 0 bridgehead atoms. The molecular weight excluding hydrogens is 485 g/mol. The zero-order valence-corrected chi connectivity index (χ0v) is 21.2. The molecule has 1 aliphatic carbocycles. The number of hydrogen-bond donors (Lipinski definition) is 1. The maximum Gasteiger partial charge on any atom is 0.211 e. The number of benzene rings is 2. The SMILES string of the molecule is CN[C@@H]1c2ccccc2CC12CCN(c1ncc(Sc3cccc(Cl)c3Cl)c3nccn13)CC2. The maximum atomic E-state index is 6.42. The van der Waals surface area contributed by atoms with E-state index in [4.69, 9.17) is 28.2 Å². The van der Waals surface area contributed by atoms with Crippen LogP contribution in [-0.4, -0.2) is 34.5 Å². The summed E-state index contributed by atoms with van der Waals surface area (Å²) in [6, 6.07) is 15.0. The van der Waals surface area contributed by atoms with Gasteiger partial charge in [0.1, 0.15) is 0 Å². The molecule has 1 saturated heterocycles. The smallest absolute Gasteiger partial charge is 0.211 e. The minimum Gasteiger partial charge on any atom is -0.342 e. The first-order valence-electron chi connectivity index (χ1n) is 11.5. The standard InChI is InChI=1S/C26H25Cl2N5S/c1-29-23-18-6-3-2-5-17(18)15-26(23)9-12-32(13-10-26)25-31-16-21(24-30-11-14-33(24)25)34-20-8-4-7-19(27)22(20)28/h2-8,11,14,16,23,29H,9-10,12-13,15H2,1H3/t23-/m1/s1. The molecule has 8 heteroatoms. The third-order valence-electron chi connectivity index (χ3n) is 7.36. The first-order chi connectivity index (χ1) is 16.6. The van der Waals surface area contributed by atoms with Gasteiger partial charge in [-0.3, -0.25) is 4.40 Å². The highest BCUT2D eigenvalue weighted by atomic mass is 35.5. The van der Waals surface area contributed by atoms with Crippen LogP contribution in [0.1, 0.15) is 30.0 Å². The third-order valence-corrected chi connectivity index (χ3v) is 9.36. The Morgan fingerprint density at radius 2 is 1.85 bits per heavy atom. The number of anilines is 1. The average molecular weight is 510 g/mol. The molecule has 174 valence electrons. The lowest BCUT2D eigenvalue weighted by atomic mass is 9.73. The summed E-state index contributed by atoms with van der Waals surface area (Å²) in [5.74, 6) is 0.945. The van der Waals surface area contributed by atoms with E-state index in [1.807, 2.05) is 30.7 Å². The topological polar surface area (TPSA) is 45.5 Å². The van der Waals surface area contributed by atoms with Crippen molar-refractivity contribution >= 4 is 46.6 Å². The molecule has 1 spiro atoms. The molecule has 1 N–H and O–H groups in total. The summed E-state index contributed by atoms with van der Waals surface area (Å²) < 4.78 is 2.09. The van der Waals surface area contributed by atoms with E-state index in [2.05, 4.69) is 50.9 Å². The molecule has 2 aromatic heterocycles. The molecule has 1 aliphatic heterocycles. The van der Waals surface area contributed by atoms with Crippen molar-refractivity contribution < 1.29 is 0 Å². The second kappa shape index (κ2) is 8.76. The number of aromatic nitrogens is 3. The van der Waals surface area contributed by atoms with Crippen molar-refractivity contribution in [2.45, 2.75) is 35.1 Å². The van der Waals surface area contributed by atoms with Crippen LogP contribution in [0, 0.1) is 5.41 Å². The Labute approximate surface area is 213 Å². The molecular formula is C26H25Cl2N5S. The van der Waals surface area contributed by atoms with Crippen LogP contribution in [0.4, 0.5) is 5.95 Å². The van der Waals surface area contributed by atoms with Crippen molar-refractivity contribution in [2.75, 3.05) is 25.0 Å². The summed E-state index contributed by atoms with van der Waals surface area (Å²) >= 11 is 14.2. The number of rotatable bonds is 4. The molecule has 2 aromatic carbocycles. The van der Waals surface area contributed by atoms with Gasteiger partial charge in [0.2, 0.25) is 5.95 Å². The van der Waals surface area contributed by atoms with E-state index in [0.717, 1.165) is 53.7 Å². The van der Waals surface area contributed by atoms with Crippen molar-refractivity contribution in [3.8, 4) is 0 Å². The Morgan fingerprint density at radius 3 is 2.68 bits per heavy atom. The number of hydrogen-bond acceptors (Lipinski definition) is 5. The Kier molecular flexibility index (Phi) is 5.72. The fraction of sp³-hybridized carbons (Fsp3) is 0.308. The lowest BCUT2D eigenvalue weighted by Crippen LogP contribution is -2.45. The van der Waals surface area contributed by atoms with Gasteiger partial charge in [0.25, 0.3) is 0 Å². The summed E-state index contributed by atoms with van der Waals surface area (Å²) in [6.07, 6.45) is 9.13. The second-order valence-corrected chi connectivity index (χ2v) is 11.0. The monoisotopic (exact) mass is 509 g/mol. The largest absolute Gasteiger partial charge is 0.342 e. The minimum absolute atomic E-state index is 0.266. The lowest BCUT2D eigenvalue weighted by molar-refractivity contribution is 0.166. The normalized spacial score (nSPS) is 19.1. The molecule has 0 radical (unpaired) electrons. The van der Waals surface area contributed by atoms with Gasteiger partial charge in [-0.2, -0.15) is 0 Å². The predicted molar refractivity (Wildman–Crippen MR) is 139 cm³/mol. The van der Waals surface area contributed by atoms with Crippen LogP contribution in [0.5, 0.6) is 0 Å². The molecule has 0 saturated carbocycles. The van der Waals surface area contributed by atoms with Crippen LogP contribution >= 0.6 is 35.0 Å². The van der Waals surface area contributed by atoms with Crippen molar-refractivity contribution in [3.63, 3.8) is 0 Å². The number of nitrogens with zero attached hydrogens (tertiary/aromatic N) is 4. The van der Waals surface area contributed by atoms with Gasteiger partial charge in [0, 0.05) is 42.6 Å². The van der Waals surface area contributed by atoms with E-state index in [0.29, 0.717) is 16.1 Å². The van der Waals surface area contributed by atoms with Gasteiger partial charge in [0.05, 0.1) is 14.9 Å².